The second kappa shape index (κ2) is 13.8. The van der Waals surface area contributed by atoms with Crippen molar-refractivity contribution in [2.24, 2.45) is 0 Å². The van der Waals surface area contributed by atoms with Gasteiger partial charge in [-0.2, -0.15) is 0 Å². The zero-order chi connectivity index (χ0) is 36.6. The van der Waals surface area contributed by atoms with Crippen LogP contribution in [0.3, 0.4) is 0 Å². The van der Waals surface area contributed by atoms with Gasteiger partial charge in [0, 0.05) is 28.7 Å². The summed E-state index contributed by atoms with van der Waals surface area (Å²) in [5.41, 5.74) is 11.7. The lowest BCUT2D eigenvalue weighted by atomic mass is 9.80. The quantitative estimate of drug-likeness (QED) is 0.169. The fourth-order valence-corrected chi connectivity index (χ4v) is 6.39. The number of aromatic nitrogens is 2. The van der Waals surface area contributed by atoms with E-state index >= 15 is 0 Å². The van der Waals surface area contributed by atoms with Crippen molar-refractivity contribution in [2.75, 3.05) is 12.0 Å². The van der Waals surface area contributed by atoms with E-state index in [0.29, 0.717) is 0 Å². The predicted octanol–water partition coefficient (Wildman–Crippen LogP) is 12.8. The summed E-state index contributed by atoms with van der Waals surface area (Å²) in [4.78, 5) is 12.4. The summed E-state index contributed by atoms with van der Waals surface area (Å²) in [5.74, 6) is 1.67. The number of para-hydroxylation sites is 1. The molecule has 260 valence electrons. The van der Waals surface area contributed by atoms with Crippen molar-refractivity contribution in [1.82, 2.24) is 9.97 Å². The number of hydrogen-bond acceptors (Lipinski definition) is 4. The molecule has 0 atom stereocenters. The van der Waals surface area contributed by atoms with Crippen molar-refractivity contribution in [1.29, 1.82) is 0 Å². The van der Waals surface area contributed by atoms with Crippen LogP contribution in [0, 0.1) is 0 Å². The number of benzene rings is 4. The molecule has 51 heavy (non-hydrogen) atoms. The first kappa shape index (κ1) is 35.6. The minimum absolute atomic E-state index is 0.00258. The van der Waals surface area contributed by atoms with Gasteiger partial charge in [-0.25, -0.2) is 4.98 Å². The molecule has 0 radical (unpaired) electrons. The number of ether oxygens (including phenoxy) is 1. The topological polar surface area (TPSA) is 38.2 Å². The molecule has 6 aromatic rings. The Morgan fingerprint density at radius 2 is 1.08 bits per heavy atom. The Bertz CT molecular complexity index is 2110. The van der Waals surface area contributed by atoms with Crippen LogP contribution in [0.2, 0.25) is 0 Å². The Labute approximate surface area is 305 Å². The van der Waals surface area contributed by atoms with Crippen LogP contribution in [0.25, 0.3) is 33.6 Å². The van der Waals surface area contributed by atoms with E-state index in [2.05, 4.69) is 182 Å². The fraction of sp³-hybridized carbons (Fsp3) is 0.277. The molecule has 2 heterocycles. The SMILES string of the molecule is COc1c(-c2ccccc2)cccc1-c1cccc(N(c2cc(C(C)(C)C)cc(C(C)(C)C)c2)c2cccc(-c3cc(C(C)(C)C)ccn3)n2)c1. The lowest BCUT2D eigenvalue weighted by Crippen LogP contribution is -2.19. The van der Waals surface area contributed by atoms with Gasteiger partial charge in [0.2, 0.25) is 0 Å². The molecule has 4 heteroatoms. The van der Waals surface area contributed by atoms with Crippen LogP contribution >= 0.6 is 0 Å². The Balaban J connectivity index is 1.57. The minimum Gasteiger partial charge on any atom is -0.495 e. The van der Waals surface area contributed by atoms with Gasteiger partial charge >= 0.3 is 0 Å². The van der Waals surface area contributed by atoms with Gasteiger partial charge in [-0.15, -0.1) is 0 Å². The number of hydrogen-bond donors (Lipinski definition) is 0. The second-order valence-electron chi connectivity index (χ2n) is 16.5. The zero-order valence-corrected chi connectivity index (χ0v) is 31.9. The highest BCUT2D eigenvalue weighted by Gasteiger charge is 2.25. The average Bonchev–Trinajstić information content (AvgIpc) is 3.11. The van der Waals surface area contributed by atoms with E-state index in [4.69, 9.17) is 14.7 Å². The summed E-state index contributed by atoms with van der Waals surface area (Å²) >= 11 is 0. The lowest BCUT2D eigenvalue weighted by Gasteiger charge is -2.31. The fourth-order valence-electron chi connectivity index (χ4n) is 6.39. The molecule has 0 saturated carbocycles. The summed E-state index contributed by atoms with van der Waals surface area (Å²) in [6, 6.07) is 43.0. The number of pyridine rings is 2. The highest BCUT2D eigenvalue weighted by molar-refractivity contribution is 5.85. The molecule has 0 aliphatic rings. The molecule has 4 nitrogen and oxygen atoms in total. The number of methoxy groups -OCH3 is 1. The first-order valence-electron chi connectivity index (χ1n) is 17.9. The Morgan fingerprint density at radius 3 is 1.71 bits per heavy atom. The Morgan fingerprint density at radius 1 is 0.490 bits per heavy atom. The minimum atomic E-state index is -0.0542. The molecular weight excluding hydrogens is 623 g/mol. The third-order valence-electron chi connectivity index (χ3n) is 9.48. The third-order valence-corrected chi connectivity index (χ3v) is 9.48. The zero-order valence-electron chi connectivity index (χ0n) is 31.9. The normalized spacial score (nSPS) is 12.1. The van der Waals surface area contributed by atoms with Crippen molar-refractivity contribution in [2.45, 2.75) is 78.6 Å². The Hall–Kier alpha value is -5.22. The number of nitrogens with zero attached hydrogens (tertiary/aromatic N) is 3. The molecular formula is C47H51N3O. The van der Waals surface area contributed by atoms with Crippen LogP contribution in [0.15, 0.2) is 128 Å². The molecule has 0 spiro atoms. The van der Waals surface area contributed by atoms with E-state index in [-0.39, 0.29) is 16.2 Å². The first-order valence-corrected chi connectivity index (χ1v) is 17.9. The van der Waals surface area contributed by atoms with Crippen molar-refractivity contribution < 1.29 is 4.74 Å². The third kappa shape index (κ3) is 7.76. The highest BCUT2D eigenvalue weighted by atomic mass is 16.5. The summed E-state index contributed by atoms with van der Waals surface area (Å²) < 4.78 is 6.13. The molecule has 0 saturated heterocycles. The van der Waals surface area contributed by atoms with Crippen LogP contribution in [0.4, 0.5) is 17.2 Å². The summed E-state index contributed by atoms with van der Waals surface area (Å²) in [5, 5.41) is 0. The van der Waals surface area contributed by atoms with E-state index in [1.807, 2.05) is 12.3 Å². The van der Waals surface area contributed by atoms with Crippen LogP contribution < -0.4 is 9.64 Å². The van der Waals surface area contributed by atoms with Crippen LogP contribution in [0.1, 0.15) is 79.0 Å². The maximum Gasteiger partial charge on any atom is 0.138 e. The van der Waals surface area contributed by atoms with Crippen molar-refractivity contribution in [3.8, 4) is 39.4 Å². The summed E-state index contributed by atoms with van der Waals surface area (Å²) in [7, 11) is 1.76. The van der Waals surface area contributed by atoms with Crippen LogP contribution in [-0.4, -0.2) is 17.1 Å². The standard InChI is InChI=1S/C47H51N3O/c1-45(2,3)34-25-26-48-42(31-34)41-23-16-24-43(49-41)50(38-29-35(46(4,5)6)28-36(30-38)47(7,8)9)37-20-14-19-33(27-37)40-22-15-21-39(44(40)51-10)32-17-12-11-13-18-32/h11-31H,1-10H3. The maximum atomic E-state index is 6.13. The summed E-state index contributed by atoms with van der Waals surface area (Å²) in [6.07, 6.45) is 1.89. The lowest BCUT2D eigenvalue weighted by molar-refractivity contribution is 0.418. The Kier molecular flexibility index (Phi) is 9.65. The maximum absolute atomic E-state index is 6.13. The van der Waals surface area contributed by atoms with Gasteiger partial charge in [0.15, 0.2) is 0 Å². The molecule has 0 aliphatic heterocycles. The van der Waals surface area contributed by atoms with Gasteiger partial charge < -0.3 is 4.74 Å². The van der Waals surface area contributed by atoms with Crippen LogP contribution in [-0.2, 0) is 16.2 Å². The summed E-state index contributed by atoms with van der Waals surface area (Å²) in [6.45, 7) is 20.4. The van der Waals surface area contributed by atoms with Gasteiger partial charge in [-0.1, -0.05) is 135 Å². The van der Waals surface area contributed by atoms with E-state index in [9.17, 15) is 0 Å². The largest absolute Gasteiger partial charge is 0.495 e. The smallest absolute Gasteiger partial charge is 0.138 e. The molecule has 0 fully saturated rings. The molecule has 0 bridgehead atoms. The molecule has 0 amide bonds. The predicted molar refractivity (Wildman–Crippen MR) is 216 cm³/mol. The molecule has 6 rings (SSSR count). The molecule has 0 N–H and O–H groups in total. The van der Waals surface area contributed by atoms with Crippen molar-refractivity contribution in [3.63, 3.8) is 0 Å². The number of anilines is 3. The van der Waals surface area contributed by atoms with Gasteiger partial charge in [0.25, 0.3) is 0 Å². The van der Waals surface area contributed by atoms with Gasteiger partial charge in [0.05, 0.1) is 18.5 Å². The van der Waals surface area contributed by atoms with E-state index in [1.54, 1.807) is 7.11 Å². The molecule has 0 aliphatic carbocycles. The van der Waals surface area contributed by atoms with Gasteiger partial charge in [0.1, 0.15) is 11.6 Å². The van der Waals surface area contributed by atoms with Gasteiger partial charge in [-0.05, 0) is 92.6 Å². The molecule has 2 aromatic heterocycles. The monoisotopic (exact) mass is 673 g/mol. The highest BCUT2D eigenvalue weighted by Crippen LogP contribution is 2.43. The van der Waals surface area contributed by atoms with Crippen molar-refractivity contribution in [3.05, 3.63) is 144 Å². The molecule has 0 unspecified atom stereocenters. The first-order chi connectivity index (χ1) is 24.1. The second-order valence-corrected chi connectivity index (χ2v) is 16.5. The number of rotatable bonds is 7. The van der Waals surface area contributed by atoms with E-state index < -0.39 is 0 Å². The molecule has 4 aromatic carbocycles. The van der Waals surface area contributed by atoms with Crippen LogP contribution in [0.5, 0.6) is 5.75 Å². The van der Waals surface area contributed by atoms with E-state index in [0.717, 1.165) is 56.6 Å². The van der Waals surface area contributed by atoms with Gasteiger partial charge in [-0.3, -0.25) is 9.88 Å². The van der Waals surface area contributed by atoms with E-state index in [1.165, 1.54) is 16.7 Å². The van der Waals surface area contributed by atoms with Crippen molar-refractivity contribution >= 4 is 17.2 Å². The average molecular weight is 674 g/mol.